The van der Waals surface area contributed by atoms with E-state index in [2.05, 4.69) is 6.58 Å². The third-order valence-corrected chi connectivity index (χ3v) is 3.17. The fourth-order valence-corrected chi connectivity index (χ4v) is 2.04. The molecule has 20 heavy (non-hydrogen) atoms. The summed E-state index contributed by atoms with van der Waals surface area (Å²) in [6.45, 7) is 5.32. The third-order valence-electron chi connectivity index (χ3n) is 3.17. The van der Waals surface area contributed by atoms with Crippen LogP contribution < -0.4 is 4.74 Å². The smallest absolute Gasteiger partial charge is 0.335 e. The molecule has 0 heterocycles. The highest BCUT2D eigenvalue weighted by molar-refractivity contribution is 5.83. The van der Waals surface area contributed by atoms with E-state index in [1.165, 1.54) is 0 Å². The van der Waals surface area contributed by atoms with Gasteiger partial charge in [-0.2, -0.15) is 0 Å². The van der Waals surface area contributed by atoms with Gasteiger partial charge in [-0.3, -0.25) is 0 Å². The van der Waals surface area contributed by atoms with Gasteiger partial charge in [0.25, 0.3) is 0 Å². The number of ether oxygens (including phenoxy) is 1. The summed E-state index contributed by atoms with van der Waals surface area (Å²) in [5.41, 5.74) is 1.79. The van der Waals surface area contributed by atoms with Gasteiger partial charge in [0.1, 0.15) is 0 Å². The molecule has 1 N–H and O–H groups in total. The lowest BCUT2D eigenvalue weighted by atomic mass is 9.92. The zero-order chi connectivity index (χ0) is 14.5. The average molecular weight is 268 g/mol. The van der Waals surface area contributed by atoms with Crippen LogP contribution in [0, 0.1) is 0 Å². The molecule has 1 unspecified atom stereocenters. The molecule has 0 saturated heterocycles. The number of phenolic OH excluding ortho intramolecular Hbond substituents is 1. The minimum atomic E-state index is -0.593. The minimum Gasteiger partial charge on any atom is -0.504 e. The first-order chi connectivity index (χ1) is 9.63. The van der Waals surface area contributed by atoms with Gasteiger partial charge in [-0.25, -0.2) is 4.79 Å². The second-order valence-corrected chi connectivity index (χ2v) is 4.45. The lowest BCUT2D eigenvalue weighted by molar-refractivity contribution is -0.129. The molecule has 3 nitrogen and oxygen atoms in total. The SMILES string of the molecule is C=CC(=O)Oc1cccc(C(C)c2ccccc2)c1O. The number of hydrogen-bond acceptors (Lipinski definition) is 3. The quantitative estimate of drug-likeness (QED) is 0.523. The van der Waals surface area contributed by atoms with Crippen LogP contribution in [0.1, 0.15) is 24.0 Å². The van der Waals surface area contributed by atoms with E-state index in [1.807, 2.05) is 43.3 Å². The molecule has 0 aliphatic heterocycles. The third kappa shape index (κ3) is 2.88. The van der Waals surface area contributed by atoms with Crippen LogP contribution in [0.15, 0.2) is 61.2 Å². The van der Waals surface area contributed by atoms with Gasteiger partial charge in [0, 0.05) is 17.6 Å². The normalized spacial score (nSPS) is 11.7. The molecule has 0 spiro atoms. The highest BCUT2D eigenvalue weighted by Gasteiger charge is 2.16. The molecule has 0 bridgehead atoms. The Bertz CT molecular complexity index is 617. The molecule has 0 radical (unpaired) electrons. The Morgan fingerprint density at radius 1 is 1.20 bits per heavy atom. The Balaban J connectivity index is 2.35. The number of carbonyl (C=O) groups excluding carboxylic acids is 1. The lowest BCUT2D eigenvalue weighted by Gasteiger charge is -2.15. The maximum atomic E-state index is 11.2. The molecule has 2 aromatic carbocycles. The zero-order valence-corrected chi connectivity index (χ0v) is 11.2. The van der Waals surface area contributed by atoms with Gasteiger partial charge in [0.2, 0.25) is 0 Å². The summed E-state index contributed by atoms with van der Waals surface area (Å²) in [5, 5.41) is 10.3. The molecule has 0 aliphatic carbocycles. The maximum absolute atomic E-state index is 11.2. The average Bonchev–Trinajstić information content (AvgIpc) is 2.49. The van der Waals surface area contributed by atoms with Crippen LogP contribution in [0.5, 0.6) is 11.5 Å². The molecule has 0 aliphatic rings. The molecule has 2 aromatic rings. The van der Waals surface area contributed by atoms with Crippen molar-refractivity contribution in [2.24, 2.45) is 0 Å². The highest BCUT2D eigenvalue weighted by Crippen LogP contribution is 2.37. The molecular weight excluding hydrogens is 252 g/mol. The predicted molar refractivity (Wildman–Crippen MR) is 77.9 cm³/mol. The zero-order valence-electron chi connectivity index (χ0n) is 11.2. The van der Waals surface area contributed by atoms with Crippen molar-refractivity contribution in [3.05, 3.63) is 72.3 Å². The molecule has 1 atom stereocenters. The van der Waals surface area contributed by atoms with Crippen molar-refractivity contribution in [3.63, 3.8) is 0 Å². The van der Waals surface area contributed by atoms with E-state index in [0.29, 0.717) is 5.56 Å². The number of hydrogen-bond donors (Lipinski definition) is 1. The second-order valence-electron chi connectivity index (χ2n) is 4.45. The predicted octanol–water partition coefficient (Wildman–Crippen LogP) is 3.64. The Morgan fingerprint density at radius 2 is 1.90 bits per heavy atom. The van der Waals surface area contributed by atoms with Crippen LogP contribution in [0.25, 0.3) is 0 Å². The molecule has 2 rings (SSSR count). The van der Waals surface area contributed by atoms with Crippen LogP contribution in [-0.4, -0.2) is 11.1 Å². The fourth-order valence-electron chi connectivity index (χ4n) is 2.04. The van der Waals surface area contributed by atoms with Crippen LogP contribution in [0.4, 0.5) is 0 Å². The number of para-hydroxylation sites is 1. The first-order valence-electron chi connectivity index (χ1n) is 6.34. The van der Waals surface area contributed by atoms with Gasteiger partial charge in [0.05, 0.1) is 0 Å². The standard InChI is InChI=1S/C17H16O3/c1-3-16(18)20-15-11-7-10-14(17(15)19)12(2)13-8-5-4-6-9-13/h3-12,19H,1H2,2H3. The van der Waals surface area contributed by atoms with Crippen LogP contribution in [0.3, 0.4) is 0 Å². The highest BCUT2D eigenvalue weighted by atomic mass is 16.5. The van der Waals surface area contributed by atoms with Crippen LogP contribution in [-0.2, 0) is 4.79 Å². The van der Waals surface area contributed by atoms with Gasteiger partial charge in [-0.05, 0) is 11.6 Å². The summed E-state index contributed by atoms with van der Waals surface area (Å²) >= 11 is 0. The van der Waals surface area contributed by atoms with Gasteiger partial charge in [-0.15, -0.1) is 0 Å². The maximum Gasteiger partial charge on any atom is 0.335 e. The lowest BCUT2D eigenvalue weighted by Crippen LogP contribution is -2.04. The van der Waals surface area contributed by atoms with Crippen molar-refractivity contribution in [3.8, 4) is 11.5 Å². The number of rotatable bonds is 4. The largest absolute Gasteiger partial charge is 0.504 e. The first kappa shape index (κ1) is 13.9. The van der Waals surface area contributed by atoms with Crippen LogP contribution in [0.2, 0.25) is 0 Å². The molecule has 0 fully saturated rings. The Morgan fingerprint density at radius 3 is 2.55 bits per heavy atom. The van der Waals surface area contributed by atoms with E-state index in [0.717, 1.165) is 11.6 Å². The Hall–Kier alpha value is -2.55. The Labute approximate surface area is 118 Å². The van der Waals surface area contributed by atoms with Crippen molar-refractivity contribution in [1.82, 2.24) is 0 Å². The summed E-state index contributed by atoms with van der Waals surface area (Å²) in [7, 11) is 0. The number of phenols is 1. The van der Waals surface area contributed by atoms with E-state index < -0.39 is 5.97 Å². The second kappa shape index (κ2) is 6.06. The summed E-state index contributed by atoms with van der Waals surface area (Å²) < 4.78 is 5.01. The summed E-state index contributed by atoms with van der Waals surface area (Å²) in [5.74, 6) is -0.461. The molecule has 0 aromatic heterocycles. The van der Waals surface area contributed by atoms with E-state index in [4.69, 9.17) is 4.74 Å². The molecular formula is C17H16O3. The van der Waals surface area contributed by atoms with Crippen molar-refractivity contribution in [2.45, 2.75) is 12.8 Å². The number of aromatic hydroxyl groups is 1. The molecule has 0 saturated carbocycles. The number of esters is 1. The van der Waals surface area contributed by atoms with E-state index >= 15 is 0 Å². The molecule has 0 amide bonds. The minimum absolute atomic E-state index is 0.00131. The summed E-state index contributed by atoms with van der Waals surface area (Å²) in [6.07, 6.45) is 1.06. The van der Waals surface area contributed by atoms with Crippen molar-refractivity contribution in [1.29, 1.82) is 0 Å². The van der Waals surface area contributed by atoms with Crippen molar-refractivity contribution in [2.75, 3.05) is 0 Å². The monoisotopic (exact) mass is 268 g/mol. The fraction of sp³-hybridized carbons (Fsp3) is 0.118. The molecule has 3 heteroatoms. The summed E-state index contributed by atoms with van der Waals surface area (Å²) in [6, 6.07) is 14.9. The summed E-state index contributed by atoms with van der Waals surface area (Å²) in [4.78, 5) is 11.2. The van der Waals surface area contributed by atoms with Crippen molar-refractivity contribution >= 4 is 5.97 Å². The first-order valence-corrected chi connectivity index (χ1v) is 6.34. The molecule has 102 valence electrons. The van der Waals surface area contributed by atoms with Gasteiger partial charge >= 0.3 is 5.97 Å². The van der Waals surface area contributed by atoms with Gasteiger partial charge < -0.3 is 9.84 Å². The number of benzene rings is 2. The number of carbonyl (C=O) groups is 1. The van der Waals surface area contributed by atoms with E-state index in [1.54, 1.807) is 12.1 Å². The van der Waals surface area contributed by atoms with Crippen LogP contribution >= 0.6 is 0 Å². The van der Waals surface area contributed by atoms with Crippen molar-refractivity contribution < 1.29 is 14.6 Å². The Kier molecular flexibility index (Phi) is 4.20. The topological polar surface area (TPSA) is 46.5 Å². The van der Waals surface area contributed by atoms with E-state index in [9.17, 15) is 9.90 Å². The van der Waals surface area contributed by atoms with E-state index in [-0.39, 0.29) is 17.4 Å². The van der Waals surface area contributed by atoms with Gasteiger partial charge in [0.15, 0.2) is 11.5 Å². The van der Waals surface area contributed by atoms with Gasteiger partial charge in [-0.1, -0.05) is 56.0 Å².